The van der Waals surface area contributed by atoms with Gasteiger partial charge < -0.3 is 5.32 Å². The van der Waals surface area contributed by atoms with E-state index in [1.165, 1.54) is 36.3 Å². The molecule has 2 nitrogen and oxygen atoms in total. The Labute approximate surface area is 128 Å². The lowest BCUT2D eigenvalue weighted by atomic mass is 9.92. The van der Waals surface area contributed by atoms with E-state index in [1.807, 2.05) is 6.20 Å². The first-order chi connectivity index (χ1) is 9.68. The van der Waals surface area contributed by atoms with Crippen LogP contribution < -0.4 is 5.32 Å². The molecular formula is C17H28N2S. The summed E-state index contributed by atoms with van der Waals surface area (Å²) in [6.07, 6.45) is 8.03. The topological polar surface area (TPSA) is 24.9 Å². The molecule has 2 unspecified atom stereocenters. The highest BCUT2D eigenvalue weighted by Gasteiger charge is 2.37. The highest BCUT2D eigenvalue weighted by molar-refractivity contribution is 8.00. The second-order valence-electron chi connectivity index (χ2n) is 5.99. The summed E-state index contributed by atoms with van der Waals surface area (Å²) < 4.78 is 0.375. The fourth-order valence-corrected chi connectivity index (χ4v) is 4.30. The maximum Gasteiger partial charge on any atom is 0.0419 e. The molecule has 1 aliphatic rings. The van der Waals surface area contributed by atoms with Gasteiger partial charge in [0.1, 0.15) is 0 Å². The van der Waals surface area contributed by atoms with Crippen molar-refractivity contribution in [2.75, 3.05) is 12.3 Å². The van der Waals surface area contributed by atoms with E-state index in [0.29, 0.717) is 10.8 Å². The minimum Gasteiger partial charge on any atom is -0.312 e. The summed E-state index contributed by atoms with van der Waals surface area (Å²) in [6, 6.07) is 4.97. The van der Waals surface area contributed by atoms with Gasteiger partial charge in [0.15, 0.2) is 0 Å². The van der Waals surface area contributed by atoms with Crippen LogP contribution in [0.25, 0.3) is 0 Å². The first kappa shape index (κ1) is 15.8. The van der Waals surface area contributed by atoms with Crippen molar-refractivity contribution >= 4 is 11.8 Å². The number of hydrogen-bond acceptors (Lipinski definition) is 3. The minimum atomic E-state index is 0.375. The first-order valence-electron chi connectivity index (χ1n) is 7.99. The second kappa shape index (κ2) is 7.46. The molecule has 2 heterocycles. The average Bonchev–Trinajstić information content (AvgIpc) is 2.92. The van der Waals surface area contributed by atoms with Gasteiger partial charge in [0.25, 0.3) is 0 Å². The maximum atomic E-state index is 4.65. The van der Waals surface area contributed by atoms with E-state index in [2.05, 4.69) is 55.0 Å². The summed E-state index contributed by atoms with van der Waals surface area (Å²) in [5.74, 6) is 1.31. The van der Waals surface area contributed by atoms with Gasteiger partial charge in [0.2, 0.25) is 0 Å². The fourth-order valence-electron chi connectivity index (χ4n) is 2.89. The third-order valence-electron chi connectivity index (χ3n) is 4.33. The molecule has 1 saturated heterocycles. The van der Waals surface area contributed by atoms with Crippen molar-refractivity contribution < 1.29 is 0 Å². The Morgan fingerprint density at radius 1 is 1.40 bits per heavy atom. The van der Waals surface area contributed by atoms with Crippen LogP contribution in [0.2, 0.25) is 0 Å². The molecule has 0 bridgehead atoms. The predicted molar refractivity (Wildman–Crippen MR) is 89.5 cm³/mol. The summed E-state index contributed by atoms with van der Waals surface area (Å²) in [6.45, 7) is 7.95. The van der Waals surface area contributed by atoms with Gasteiger partial charge in [-0.15, -0.1) is 0 Å². The number of nitrogens with one attached hydrogen (secondary N) is 1. The van der Waals surface area contributed by atoms with Gasteiger partial charge in [-0.2, -0.15) is 11.8 Å². The number of pyridine rings is 1. The van der Waals surface area contributed by atoms with Crippen LogP contribution in [0.4, 0.5) is 0 Å². The van der Waals surface area contributed by atoms with Crippen LogP contribution in [0.3, 0.4) is 0 Å². The standard InChI is InChI=1S/C17H28N2S/c1-4-10-18-16(17(3)9-6-11-20-17)12-15-8-7-14(5-2)13-19-15/h7-8,13,16,18H,4-6,9-12H2,1-3H3. The lowest BCUT2D eigenvalue weighted by Gasteiger charge is -2.34. The normalized spacial score (nSPS) is 23.9. The van der Waals surface area contributed by atoms with Crippen LogP contribution in [0, 0.1) is 0 Å². The van der Waals surface area contributed by atoms with Crippen LogP contribution in [-0.2, 0) is 12.8 Å². The molecule has 112 valence electrons. The third kappa shape index (κ3) is 3.98. The monoisotopic (exact) mass is 292 g/mol. The Kier molecular flexibility index (Phi) is 5.91. The summed E-state index contributed by atoms with van der Waals surface area (Å²) in [7, 11) is 0. The van der Waals surface area contributed by atoms with E-state index in [0.717, 1.165) is 19.4 Å². The number of thioether (sulfide) groups is 1. The zero-order valence-corrected chi connectivity index (χ0v) is 13.9. The Balaban J connectivity index is 2.05. The quantitative estimate of drug-likeness (QED) is 0.826. The van der Waals surface area contributed by atoms with Gasteiger partial charge in [-0.3, -0.25) is 4.98 Å². The second-order valence-corrected chi connectivity index (χ2v) is 7.62. The van der Waals surface area contributed by atoms with E-state index < -0.39 is 0 Å². The molecule has 3 heteroatoms. The summed E-state index contributed by atoms with van der Waals surface area (Å²) >= 11 is 2.14. The molecular weight excluding hydrogens is 264 g/mol. The Morgan fingerprint density at radius 2 is 2.25 bits per heavy atom. The molecule has 1 aliphatic heterocycles. The highest BCUT2D eigenvalue weighted by atomic mass is 32.2. The van der Waals surface area contributed by atoms with Gasteiger partial charge >= 0.3 is 0 Å². The van der Waals surface area contributed by atoms with Crippen molar-refractivity contribution in [2.24, 2.45) is 0 Å². The summed E-state index contributed by atoms with van der Waals surface area (Å²) in [5, 5.41) is 3.77. The van der Waals surface area contributed by atoms with Crippen molar-refractivity contribution in [2.45, 2.75) is 63.7 Å². The minimum absolute atomic E-state index is 0.375. The maximum absolute atomic E-state index is 4.65. The molecule has 20 heavy (non-hydrogen) atoms. The van der Waals surface area contributed by atoms with Crippen LogP contribution >= 0.6 is 11.8 Å². The van der Waals surface area contributed by atoms with E-state index >= 15 is 0 Å². The molecule has 1 fully saturated rings. The lowest BCUT2D eigenvalue weighted by Crippen LogP contribution is -2.47. The van der Waals surface area contributed by atoms with E-state index in [1.54, 1.807) is 0 Å². The predicted octanol–water partition coefficient (Wildman–Crippen LogP) is 3.84. The van der Waals surface area contributed by atoms with E-state index in [-0.39, 0.29) is 0 Å². The average molecular weight is 292 g/mol. The summed E-state index contributed by atoms with van der Waals surface area (Å²) in [5.41, 5.74) is 2.55. The molecule has 0 saturated carbocycles. The van der Waals surface area contributed by atoms with Crippen LogP contribution in [0.15, 0.2) is 18.3 Å². The number of rotatable bonds is 7. The lowest BCUT2D eigenvalue weighted by molar-refractivity contribution is 0.396. The number of aryl methyl sites for hydroxylation is 1. The van der Waals surface area contributed by atoms with Gasteiger partial charge in [-0.25, -0.2) is 0 Å². The largest absolute Gasteiger partial charge is 0.312 e. The molecule has 2 atom stereocenters. The van der Waals surface area contributed by atoms with Crippen molar-refractivity contribution in [1.29, 1.82) is 0 Å². The highest BCUT2D eigenvalue weighted by Crippen LogP contribution is 2.41. The van der Waals surface area contributed by atoms with E-state index in [9.17, 15) is 0 Å². The first-order valence-corrected chi connectivity index (χ1v) is 8.97. The van der Waals surface area contributed by atoms with Crippen molar-refractivity contribution in [3.05, 3.63) is 29.6 Å². The van der Waals surface area contributed by atoms with Gasteiger partial charge in [-0.1, -0.05) is 19.9 Å². The van der Waals surface area contributed by atoms with Crippen molar-refractivity contribution in [3.8, 4) is 0 Å². The Morgan fingerprint density at radius 3 is 2.80 bits per heavy atom. The molecule has 0 spiro atoms. The van der Waals surface area contributed by atoms with E-state index in [4.69, 9.17) is 0 Å². The summed E-state index contributed by atoms with van der Waals surface area (Å²) in [4.78, 5) is 4.65. The van der Waals surface area contributed by atoms with Gasteiger partial charge in [0.05, 0.1) is 0 Å². The molecule has 1 aromatic rings. The smallest absolute Gasteiger partial charge is 0.0419 e. The van der Waals surface area contributed by atoms with Crippen LogP contribution in [-0.4, -0.2) is 28.1 Å². The van der Waals surface area contributed by atoms with Crippen LogP contribution in [0.5, 0.6) is 0 Å². The Bertz CT molecular complexity index is 396. The zero-order valence-electron chi connectivity index (χ0n) is 13.1. The number of aromatic nitrogens is 1. The third-order valence-corrected chi connectivity index (χ3v) is 5.98. The van der Waals surface area contributed by atoms with Crippen molar-refractivity contribution in [1.82, 2.24) is 10.3 Å². The van der Waals surface area contributed by atoms with Crippen molar-refractivity contribution in [3.63, 3.8) is 0 Å². The fraction of sp³-hybridized carbons (Fsp3) is 0.706. The number of hydrogen-bond donors (Lipinski definition) is 1. The molecule has 0 amide bonds. The molecule has 0 radical (unpaired) electrons. The number of nitrogens with zero attached hydrogens (tertiary/aromatic N) is 1. The van der Waals surface area contributed by atoms with Gasteiger partial charge in [0, 0.05) is 29.1 Å². The molecule has 1 aromatic heterocycles. The molecule has 2 rings (SSSR count). The molecule has 1 N–H and O–H groups in total. The SMILES string of the molecule is CCCNC(Cc1ccc(CC)cn1)C1(C)CCCS1. The molecule has 0 aliphatic carbocycles. The molecule has 0 aromatic carbocycles. The zero-order chi connectivity index (χ0) is 14.4. The van der Waals surface area contributed by atoms with Crippen LogP contribution in [0.1, 0.15) is 51.3 Å². The van der Waals surface area contributed by atoms with Gasteiger partial charge in [-0.05, 0) is 56.5 Å². The Hall–Kier alpha value is -0.540.